The molecule has 0 bridgehead atoms. The van der Waals surface area contributed by atoms with E-state index in [1.165, 1.54) is 30.0 Å². The first kappa shape index (κ1) is 18.5. The van der Waals surface area contributed by atoms with Gasteiger partial charge in [0, 0.05) is 20.7 Å². The van der Waals surface area contributed by atoms with E-state index in [1.54, 1.807) is 0 Å². The van der Waals surface area contributed by atoms with Crippen LogP contribution in [0.4, 0.5) is 0 Å². The summed E-state index contributed by atoms with van der Waals surface area (Å²) in [4.78, 5) is 6.81. The third kappa shape index (κ3) is 4.87. The van der Waals surface area contributed by atoms with Crippen LogP contribution in [0.3, 0.4) is 0 Å². The van der Waals surface area contributed by atoms with Gasteiger partial charge in [0.05, 0.1) is 10.9 Å². The summed E-state index contributed by atoms with van der Waals surface area (Å²) in [6.07, 6.45) is 6.83. The van der Waals surface area contributed by atoms with Gasteiger partial charge in [0.25, 0.3) is 0 Å². The van der Waals surface area contributed by atoms with Gasteiger partial charge in [-0.3, -0.25) is 0 Å². The summed E-state index contributed by atoms with van der Waals surface area (Å²) in [5.74, 6) is 0. The fraction of sp³-hybridized carbons (Fsp3) is 0.182. The van der Waals surface area contributed by atoms with E-state index in [4.69, 9.17) is 0 Å². The molecule has 1 unspecified atom stereocenters. The molecule has 3 heteroatoms. The van der Waals surface area contributed by atoms with E-state index < -0.39 is 0 Å². The lowest BCUT2D eigenvalue weighted by atomic mass is 10.2. The highest BCUT2D eigenvalue weighted by molar-refractivity contribution is 7.99. The van der Waals surface area contributed by atoms with Crippen molar-refractivity contribution in [2.24, 2.45) is 0 Å². The van der Waals surface area contributed by atoms with Crippen molar-refractivity contribution < 1.29 is 0 Å². The average molecular weight is 385 g/mol. The van der Waals surface area contributed by atoms with Crippen molar-refractivity contribution in [3.8, 4) is 0 Å². The highest BCUT2D eigenvalue weighted by Gasteiger charge is 2.18. The molecule has 3 rings (SSSR count). The Morgan fingerprint density at radius 1 is 0.560 bits per heavy atom. The van der Waals surface area contributed by atoms with E-state index in [2.05, 4.69) is 98.5 Å². The molecule has 128 valence electrons. The Bertz CT molecular complexity index is 803. The van der Waals surface area contributed by atoms with Crippen molar-refractivity contribution in [3.05, 3.63) is 78.4 Å². The van der Waals surface area contributed by atoms with Crippen LogP contribution >= 0.6 is 11.8 Å². The van der Waals surface area contributed by atoms with Gasteiger partial charge in [0.2, 0.25) is 0 Å². The smallest absolute Gasteiger partial charge is 0.0901 e. The third-order valence-electron chi connectivity index (χ3n) is 4.08. The molecule has 0 N–H and O–H groups in total. The molecule has 0 spiro atoms. The lowest BCUT2D eigenvalue weighted by Crippen LogP contribution is -2.00. The van der Waals surface area contributed by atoms with Crippen molar-refractivity contribution in [1.29, 1.82) is 0 Å². The molecule has 25 heavy (non-hydrogen) atoms. The number of hydrogen-bond donors (Lipinski definition) is 0. The molecule has 0 saturated carbocycles. The fourth-order valence-electron chi connectivity index (χ4n) is 2.51. The molecule has 3 aromatic carbocycles. The first-order valence-electron chi connectivity index (χ1n) is 8.21. The minimum Gasteiger partial charge on any atom is -0.0901 e. The SMILES string of the molecule is Cc1ccc([S+](C)c2ccc(Sc3ccc([S+](C)C)cc3)cc2)cc1. The van der Waals surface area contributed by atoms with Crippen LogP contribution in [-0.2, 0) is 21.8 Å². The summed E-state index contributed by atoms with van der Waals surface area (Å²) >= 11 is 1.83. The quantitative estimate of drug-likeness (QED) is 0.483. The van der Waals surface area contributed by atoms with Gasteiger partial charge >= 0.3 is 0 Å². The number of hydrogen-bond acceptors (Lipinski definition) is 1. The van der Waals surface area contributed by atoms with Gasteiger partial charge < -0.3 is 0 Å². The van der Waals surface area contributed by atoms with Gasteiger partial charge in [-0.2, -0.15) is 0 Å². The maximum Gasteiger partial charge on any atom is 0.160 e. The Hall–Kier alpha value is -1.29. The first-order valence-corrected chi connectivity index (χ1v) is 12.7. The molecule has 0 nitrogen and oxygen atoms in total. The van der Waals surface area contributed by atoms with Crippen molar-refractivity contribution in [2.45, 2.75) is 31.4 Å². The van der Waals surface area contributed by atoms with Crippen LogP contribution in [0.5, 0.6) is 0 Å². The molecule has 0 radical (unpaired) electrons. The van der Waals surface area contributed by atoms with Crippen molar-refractivity contribution in [2.75, 3.05) is 18.8 Å². The van der Waals surface area contributed by atoms with E-state index >= 15 is 0 Å². The monoisotopic (exact) mass is 384 g/mol. The van der Waals surface area contributed by atoms with Crippen LogP contribution in [0.25, 0.3) is 0 Å². The van der Waals surface area contributed by atoms with Crippen molar-refractivity contribution in [3.63, 3.8) is 0 Å². The largest absolute Gasteiger partial charge is 0.160 e. The second-order valence-corrected chi connectivity index (χ2v) is 11.4. The number of benzene rings is 3. The Kier molecular flexibility index (Phi) is 6.21. The second kappa shape index (κ2) is 8.39. The van der Waals surface area contributed by atoms with Crippen LogP contribution in [0.2, 0.25) is 0 Å². The van der Waals surface area contributed by atoms with E-state index in [0.717, 1.165) is 0 Å². The Labute approximate surface area is 161 Å². The Balaban J connectivity index is 1.70. The van der Waals surface area contributed by atoms with Crippen LogP contribution in [-0.4, -0.2) is 18.8 Å². The highest BCUT2D eigenvalue weighted by Crippen LogP contribution is 2.30. The predicted molar refractivity (Wildman–Crippen MR) is 115 cm³/mol. The van der Waals surface area contributed by atoms with Crippen molar-refractivity contribution >= 4 is 33.6 Å². The minimum absolute atomic E-state index is 0.123. The molecule has 0 heterocycles. The Morgan fingerprint density at radius 2 is 0.960 bits per heavy atom. The number of aryl methyl sites for hydroxylation is 1. The van der Waals surface area contributed by atoms with Crippen LogP contribution in [0.15, 0.2) is 97.3 Å². The van der Waals surface area contributed by atoms with Gasteiger partial charge in [-0.15, -0.1) is 0 Å². The molecule has 3 aromatic rings. The summed E-state index contributed by atoms with van der Waals surface area (Å²) in [6, 6.07) is 26.9. The van der Waals surface area contributed by atoms with E-state index in [1.807, 2.05) is 11.8 Å². The third-order valence-corrected chi connectivity index (χ3v) is 8.27. The molecular formula is C22H24S3+2. The van der Waals surface area contributed by atoms with Gasteiger partial charge in [0.1, 0.15) is 18.8 Å². The molecule has 0 saturated heterocycles. The highest BCUT2D eigenvalue weighted by atomic mass is 32.2. The zero-order valence-corrected chi connectivity index (χ0v) is 17.6. The second-order valence-electron chi connectivity index (χ2n) is 6.18. The molecule has 0 aliphatic rings. The lowest BCUT2D eigenvalue weighted by molar-refractivity contribution is 1.30. The first-order chi connectivity index (χ1) is 12.0. The summed E-state index contributed by atoms with van der Waals surface area (Å²) in [7, 11) is 0.453. The zero-order valence-electron chi connectivity index (χ0n) is 15.2. The molecule has 0 aliphatic carbocycles. The summed E-state index contributed by atoms with van der Waals surface area (Å²) in [5.41, 5.74) is 1.32. The summed E-state index contributed by atoms with van der Waals surface area (Å²) < 4.78 is 0. The predicted octanol–water partition coefficient (Wildman–Crippen LogP) is 6.05. The summed E-state index contributed by atoms with van der Waals surface area (Å²) in [5, 5.41) is 0. The normalized spacial score (nSPS) is 12.4. The maximum absolute atomic E-state index is 2.30. The maximum atomic E-state index is 2.30. The van der Waals surface area contributed by atoms with E-state index in [9.17, 15) is 0 Å². The van der Waals surface area contributed by atoms with Crippen LogP contribution in [0.1, 0.15) is 5.56 Å². The molecular weight excluding hydrogens is 360 g/mol. The Morgan fingerprint density at radius 3 is 1.40 bits per heavy atom. The molecule has 1 atom stereocenters. The molecule has 0 amide bonds. The van der Waals surface area contributed by atoms with Crippen LogP contribution < -0.4 is 0 Å². The minimum atomic E-state index is 0.123. The average Bonchev–Trinajstić information content (AvgIpc) is 2.63. The zero-order chi connectivity index (χ0) is 17.8. The number of rotatable bonds is 5. The van der Waals surface area contributed by atoms with E-state index in [-0.39, 0.29) is 10.9 Å². The van der Waals surface area contributed by atoms with Crippen molar-refractivity contribution in [1.82, 2.24) is 0 Å². The van der Waals surface area contributed by atoms with Gasteiger partial charge in [-0.1, -0.05) is 29.5 Å². The molecule has 0 fully saturated rings. The van der Waals surface area contributed by atoms with Crippen LogP contribution in [0, 0.1) is 6.92 Å². The van der Waals surface area contributed by atoms with Gasteiger partial charge in [0.15, 0.2) is 14.7 Å². The topological polar surface area (TPSA) is 0 Å². The standard InChI is InChI=1S/C22H24S3/c1-17-5-11-21(12-6-17)25(4)22-15-9-19(10-16-22)23-18-7-13-20(14-8-18)24(2)3/h5-16H,1-4H3/q+2. The van der Waals surface area contributed by atoms with Gasteiger partial charge in [-0.25, -0.2) is 0 Å². The lowest BCUT2D eigenvalue weighted by Gasteiger charge is -2.05. The van der Waals surface area contributed by atoms with Gasteiger partial charge in [-0.05, 0) is 67.6 Å². The fourth-order valence-corrected chi connectivity index (χ4v) is 5.36. The molecule has 0 aliphatic heterocycles. The van der Waals surface area contributed by atoms with E-state index in [0.29, 0.717) is 10.9 Å². The molecule has 0 aromatic heterocycles. The summed E-state index contributed by atoms with van der Waals surface area (Å²) in [6.45, 7) is 2.14.